The van der Waals surface area contributed by atoms with Crippen LogP contribution in [0.15, 0.2) is 79.1 Å². The number of benzene rings is 2. The van der Waals surface area contributed by atoms with Crippen LogP contribution in [0.4, 0.5) is 4.39 Å². The van der Waals surface area contributed by atoms with Crippen molar-refractivity contribution < 1.29 is 4.39 Å². The minimum absolute atomic E-state index is 0.244. The summed E-state index contributed by atoms with van der Waals surface area (Å²) in [6.07, 6.45) is 3.60. The first-order chi connectivity index (χ1) is 15.7. The fraction of sp³-hybridized carbons (Fsp3) is 0.0385. The van der Waals surface area contributed by atoms with Crippen LogP contribution in [-0.4, -0.2) is 25.1 Å². The number of pyridine rings is 2. The van der Waals surface area contributed by atoms with Crippen molar-refractivity contribution in [3.8, 4) is 33.8 Å². The highest BCUT2D eigenvalue weighted by molar-refractivity contribution is 6.00. The molecule has 0 saturated carbocycles. The van der Waals surface area contributed by atoms with Gasteiger partial charge < -0.3 is 4.98 Å². The SMILES string of the molecule is Cc1ccncc1-c1ccc2[nH]nc(-c3cc4c(-c5ccccc5F)cccc4[nH]3)c2n1. The summed E-state index contributed by atoms with van der Waals surface area (Å²) in [7, 11) is 0. The topological polar surface area (TPSA) is 70.2 Å². The summed E-state index contributed by atoms with van der Waals surface area (Å²) < 4.78 is 14.5. The monoisotopic (exact) mass is 419 g/mol. The van der Waals surface area contributed by atoms with Crippen LogP contribution >= 0.6 is 0 Å². The molecule has 0 spiro atoms. The lowest BCUT2D eigenvalue weighted by Crippen LogP contribution is -1.89. The second-order valence-corrected chi connectivity index (χ2v) is 7.79. The molecule has 6 aromatic rings. The Bertz CT molecular complexity index is 1610. The lowest BCUT2D eigenvalue weighted by atomic mass is 10.0. The van der Waals surface area contributed by atoms with Gasteiger partial charge in [-0.15, -0.1) is 0 Å². The molecule has 2 N–H and O–H groups in total. The predicted octanol–water partition coefficient (Wildman–Crippen LogP) is 6.28. The zero-order valence-corrected chi connectivity index (χ0v) is 17.2. The third-order valence-electron chi connectivity index (χ3n) is 5.81. The van der Waals surface area contributed by atoms with Gasteiger partial charge in [0.2, 0.25) is 0 Å². The molecule has 0 fully saturated rings. The quantitative estimate of drug-likeness (QED) is 0.354. The number of rotatable bonds is 3. The highest BCUT2D eigenvalue weighted by Crippen LogP contribution is 2.35. The van der Waals surface area contributed by atoms with Crippen LogP contribution in [0, 0.1) is 12.7 Å². The molecule has 4 heterocycles. The van der Waals surface area contributed by atoms with Crippen molar-refractivity contribution in [1.82, 2.24) is 25.1 Å². The normalized spacial score (nSPS) is 11.4. The first-order valence-electron chi connectivity index (χ1n) is 10.3. The first kappa shape index (κ1) is 18.4. The van der Waals surface area contributed by atoms with Crippen LogP contribution in [-0.2, 0) is 0 Å². The van der Waals surface area contributed by atoms with Crippen molar-refractivity contribution in [1.29, 1.82) is 0 Å². The summed E-state index contributed by atoms with van der Waals surface area (Å²) in [4.78, 5) is 12.6. The molecule has 4 aromatic heterocycles. The van der Waals surface area contributed by atoms with E-state index in [1.165, 1.54) is 6.07 Å². The molecule has 0 aliphatic carbocycles. The summed E-state index contributed by atoms with van der Waals surface area (Å²) in [6.45, 7) is 2.04. The number of H-pyrrole nitrogens is 2. The maximum absolute atomic E-state index is 14.5. The van der Waals surface area contributed by atoms with E-state index >= 15 is 0 Å². The number of nitrogens with one attached hydrogen (secondary N) is 2. The van der Waals surface area contributed by atoms with Gasteiger partial charge >= 0.3 is 0 Å². The average molecular weight is 419 g/mol. The van der Waals surface area contributed by atoms with Crippen LogP contribution in [0.2, 0.25) is 0 Å². The van der Waals surface area contributed by atoms with E-state index in [9.17, 15) is 4.39 Å². The highest BCUT2D eigenvalue weighted by atomic mass is 19.1. The van der Waals surface area contributed by atoms with Crippen LogP contribution in [0.5, 0.6) is 0 Å². The third kappa shape index (κ3) is 2.88. The third-order valence-corrected chi connectivity index (χ3v) is 5.81. The van der Waals surface area contributed by atoms with Crippen molar-refractivity contribution in [2.24, 2.45) is 0 Å². The number of aromatic amines is 2. The molecule has 0 aliphatic rings. The van der Waals surface area contributed by atoms with E-state index in [0.29, 0.717) is 5.56 Å². The van der Waals surface area contributed by atoms with Gasteiger partial charge in [0.15, 0.2) is 0 Å². The molecule has 0 aliphatic heterocycles. The van der Waals surface area contributed by atoms with Gasteiger partial charge in [-0.3, -0.25) is 10.1 Å². The summed E-state index contributed by atoms with van der Waals surface area (Å²) in [6, 6.07) is 20.6. The maximum atomic E-state index is 14.5. The Hall–Kier alpha value is -4.32. The summed E-state index contributed by atoms with van der Waals surface area (Å²) in [5, 5.41) is 8.53. The number of hydrogen-bond donors (Lipinski definition) is 2. The van der Waals surface area contributed by atoms with Crippen LogP contribution in [0.1, 0.15) is 5.56 Å². The van der Waals surface area contributed by atoms with Gasteiger partial charge in [-0.1, -0.05) is 30.3 Å². The van der Waals surface area contributed by atoms with Gasteiger partial charge in [0, 0.05) is 34.4 Å². The molecule has 154 valence electrons. The Balaban J connectivity index is 1.53. The molecular formula is C26H18FN5. The van der Waals surface area contributed by atoms with Crippen molar-refractivity contribution in [3.63, 3.8) is 0 Å². The number of aromatic nitrogens is 5. The zero-order chi connectivity index (χ0) is 21.7. The smallest absolute Gasteiger partial charge is 0.135 e. The largest absolute Gasteiger partial charge is 0.353 e. The Labute approximate surface area is 183 Å². The molecule has 6 rings (SSSR count). The Morgan fingerprint density at radius 2 is 1.72 bits per heavy atom. The molecule has 0 saturated heterocycles. The predicted molar refractivity (Wildman–Crippen MR) is 125 cm³/mol. The lowest BCUT2D eigenvalue weighted by molar-refractivity contribution is 0.631. The highest BCUT2D eigenvalue weighted by Gasteiger charge is 2.16. The molecule has 0 radical (unpaired) electrons. The molecule has 5 nitrogen and oxygen atoms in total. The van der Waals surface area contributed by atoms with Crippen LogP contribution < -0.4 is 0 Å². The minimum Gasteiger partial charge on any atom is -0.353 e. The average Bonchev–Trinajstić information content (AvgIpc) is 3.43. The molecule has 6 heteroatoms. The standard InChI is InChI=1S/C26H18FN5/c1-15-11-12-28-14-19(15)22-9-10-23-25(30-22)26(32-31-23)24-13-18-16(6-4-8-21(18)29-24)17-5-2-3-7-20(17)27/h2-14,29H,1H3,(H,31,32). The molecule has 0 atom stereocenters. The number of fused-ring (bicyclic) bond motifs is 2. The van der Waals surface area contributed by atoms with Gasteiger partial charge in [0.25, 0.3) is 0 Å². The zero-order valence-electron chi connectivity index (χ0n) is 17.2. The Kier molecular flexibility index (Phi) is 4.11. The number of halogens is 1. The molecular weight excluding hydrogens is 401 g/mol. The number of hydrogen-bond acceptors (Lipinski definition) is 3. The molecule has 0 amide bonds. The van der Waals surface area contributed by atoms with Crippen molar-refractivity contribution in [2.75, 3.05) is 0 Å². The summed E-state index contributed by atoms with van der Waals surface area (Å²) in [5.74, 6) is -0.244. The van der Waals surface area contributed by atoms with E-state index in [-0.39, 0.29) is 5.82 Å². The van der Waals surface area contributed by atoms with E-state index < -0.39 is 0 Å². The first-order valence-corrected chi connectivity index (χ1v) is 10.3. The molecule has 32 heavy (non-hydrogen) atoms. The second-order valence-electron chi connectivity index (χ2n) is 7.79. The van der Waals surface area contributed by atoms with Crippen LogP contribution in [0.3, 0.4) is 0 Å². The molecule has 2 aromatic carbocycles. The summed E-state index contributed by atoms with van der Waals surface area (Å²) in [5.41, 5.74) is 8.41. The van der Waals surface area contributed by atoms with Crippen molar-refractivity contribution in [3.05, 3.63) is 90.5 Å². The van der Waals surface area contributed by atoms with Gasteiger partial charge in [-0.2, -0.15) is 5.10 Å². The van der Waals surface area contributed by atoms with Gasteiger partial charge in [-0.05, 0) is 54.4 Å². The maximum Gasteiger partial charge on any atom is 0.135 e. The van der Waals surface area contributed by atoms with Crippen molar-refractivity contribution >= 4 is 21.9 Å². The van der Waals surface area contributed by atoms with E-state index in [4.69, 9.17) is 4.98 Å². The van der Waals surface area contributed by atoms with E-state index in [1.807, 2.05) is 61.7 Å². The number of nitrogens with zero attached hydrogens (tertiary/aromatic N) is 3. The summed E-state index contributed by atoms with van der Waals surface area (Å²) >= 11 is 0. The van der Waals surface area contributed by atoms with Crippen molar-refractivity contribution in [2.45, 2.75) is 6.92 Å². The number of aryl methyl sites for hydroxylation is 1. The Morgan fingerprint density at radius 1 is 0.844 bits per heavy atom. The van der Waals surface area contributed by atoms with Gasteiger partial charge in [0.05, 0.1) is 16.9 Å². The minimum atomic E-state index is -0.244. The Morgan fingerprint density at radius 3 is 2.59 bits per heavy atom. The van der Waals surface area contributed by atoms with E-state index in [2.05, 4.69) is 20.2 Å². The lowest BCUT2D eigenvalue weighted by Gasteiger charge is -2.04. The molecule has 0 bridgehead atoms. The molecule has 0 unspecified atom stereocenters. The van der Waals surface area contributed by atoms with E-state index in [0.717, 1.165) is 55.7 Å². The second kappa shape index (κ2) is 7.13. The fourth-order valence-corrected chi connectivity index (χ4v) is 4.17. The van der Waals surface area contributed by atoms with Gasteiger partial charge in [0.1, 0.15) is 17.0 Å². The van der Waals surface area contributed by atoms with E-state index in [1.54, 1.807) is 18.3 Å². The van der Waals surface area contributed by atoms with Crippen LogP contribution in [0.25, 0.3) is 55.7 Å². The van der Waals surface area contributed by atoms with Gasteiger partial charge in [-0.25, -0.2) is 9.37 Å². The fourth-order valence-electron chi connectivity index (χ4n) is 4.17.